The lowest BCUT2D eigenvalue weighted by atomic mass is 10.0. The van der Waals surface area contributed by atoms with E-state index in [1.807, 2.05) is 10.2 Å². The highest BCUT2D eigenvalue weighted by molar-refractivity contribution is 5.98. The number of ether oxygens (including phenoxy) is 1. The molecule has 26 heavy (non-hydrogen) atoms. The lowest BCUT2D eigenvalue weighted by molar-refractivity contribution is -0.249. The number of likely N-dealkylation sites (N-methyl/N-ethyl adjacent to an activating group) is 1. The van der Waals surface area contributed by atoms with Crippen molar-refractivity contribution in [2.24, 2.45) is 0 Å². The minimum Gasteiger partial charge on any atom is -0.463 e. The zero-order valence-corrected chi connectivity index (χ0v) is 14.5. The zero-order valence-electron chi connectivity index (χ0n) is 14.5. The first-order chi connectivity index (χ1) is 12.2. The third-order valence-corrected chi connectivity index (χ3v) is 4.18. The Bertz CT molecular complexity index is 633. The first-order valence-electron chi connectivity index (χ1n) is 8.12. The molecule has 1 atom stereocenters. The highest BCUT2D eigenvalue weighted by Gasteiger charge is 2.66. The summed E-state index contributed by atoms with van der Waals surface area (Å²) in [4.78, 5) is 31.3. The number of halogens is 3. The third kappa shape index (κ3) is 3.96. The molecule has 1 aromatic heterocycles. The van der Waals surface area contributed by atoms with Crippen molar-refractivity contribution in [1.82, 2.24) is 20.1 Å². The molecule has 2 rings (SSSR count). The minimum atomic E-state index is -5.08. The Morgan fingerprint density at radius 3 is 2.42 bits per heavy atom. The molecule has 0 saturated carbocycles. The molecule has 1 aromatic rings. The lowest BCUT2D eigenvalue weighted by Gasteiger charge is -2.45. The highest BCUT2D eigenvalue weighted by Crippen LogP contribution is 2.36. The largest absolute Gasteiger partial charge is 0.463 e. The van der Waals surface area contributed by atoms with Crippen LogP contribution in [0.15, 0.2) is 24.5 Å². The standard InChI is InChI=1S/C16H21F3N4O3/c1-3-26-14(25)15(16(17,18)19,23-9-7-22(2)8-10-23)21-13(24)12-5-4-6-20-11-12/h4-6,11H,3,7-10H2,1-2H3,(H,21,24)/t15-/m1/s1. The third-order valence-electron chi connectivity index (χ3n) is 4.18. The van der Waals surface area contributed by atoms with Crippen LogP contribution in [0, 0.1) is 0 Å². The van der Waals surface area contributed by atoms with E-state index in [0.29, 0.717) is 13.1 Å². The van der Waals surface area contributed by atoms with Gasteiger partial charge in [-0.3, -0.25) is 14.7 Å². The van der Waals surface area contributed by atoms with E-state index in [2.05, 4.69) is 4.98 Å². The molecule has 2 heterocycles. The van der Waals surface area contributed by atoms with Crippen molar-refractivity contribution in [3.63, 3.8) is 0 Å². The number of pyridine rings is 1. The second-order valence-corrected chi connectivity index (χ2v) is 5.91. The van der Waals surface area contributed by atoms with Crippen LogP contribution >= 0.6 is 0 Å². The number of rotatable bonds is 5. The first kappa shape index (κ1) is 20.1. The summed E-state index contributed by atoms with van der Waals surface area (Å²) in [7, 11) is 1.77. The van der Waals surface area contributed by atoms with Gasteiger partial charge in [0.2, 0.25) is 0 Å². The second-order valence-electron chi connectivity index (χ2n) is 5.91. The summed E-state index contributed by atoms with van der Waals surface area (Å²) in [5, 5.41) is 1.88. The van der Waals surface area contributed by atoms with E-state index in [1.165, 1.54) is 25.3 Å². The van der Waals surface area contributed by atoms with Crippen molar-refractivity contribution in [1.29, 1.82) is 0 Å². The average Bonchev–Trinajstić information content (AvgIpc) is 2.60. The molecule has 1 N–H and O–H groups in total. The fourth-order valence-corrected chi connectivity index (χ4v) is 2.74. The van der Waals surface area contributed by atoms with Gasteiger partial charge in [-0.2, -0.15) is 13.2 Å². The number of esters is 1. The molecule has 1 saturated heterocycles. The first-order valence-corrected chi connectivity index (χ1v) is 8.12. The molecular formula is C16H21F3N4O3. The van der Waals surface area contributed by atoms with E-state index in [-0.39, 0.29) is 25.3 Å². The summed E-state index contributed by atoms with van der Waals surface area (Å²) in [6, 6.07) is 2.74. The summed E-state index contributed by atoms with van der Waals surface area (Å²) < 4.78 is 47.1. The van der Waals surface area contributed by atoms with E-state index >= 15 is 0 Å². The van der Waals surface area contributed by atoms with Gasteiger partial charge in [0.15, 0.2) is 0 Å². The number of carbonyl (C=O) groups excluding carboxylic acids is 2. The summed E-state index contributed by atoms with van der Waals surface area (Å²) in [6.07, 6.45) is -2.56. The summed E-state index contributed by atoms with van der Waals surface area (Å²) in [5.41, 5.74) is -3.34. The van der Waals surface area contributed by atoms with Crippen molar-refractivity contribution in [2.45, 2.75) is 18.8 Å². The van der Waals surface area contributed by atoms with E-state index in [0.717, 1.165) is 11.1 Å². The van der Waals surface area contributed by atoms with E-state index in [1.54, 1.807) is 7.05 Å². The zero-order chi connectivity index (χ0) is 19.4. The average molecular weight is 374 g/mol. The number of nitrogens with zero attached hydrogens (tertiary/aromatic N) is 3. The SMILES string of the molecule is CCOC(=O)[C@@](NC(=O)c1cccnc1)(N1CCN(C)CC1)C(F)(F)F. The molecule has 0 radical (unpaired) electrons. The van der Waals surface area contributed by atoms with Crippen molar-refractivity contribution in [2.75, 3.05) is 39.8 Å². The molecule has 1 fully saturated rings. The van der Waals surface area contributed by atoms with Crippen LogP contribution in [0.4, 0.5) is 13.2 Å². The molecular weight excluding hydrogens is 353 g/mol. The predicted octanol–water partition coefficient (Wildman–Crippen LogP) is 0.880. The Labute approximate surface area is 149 Å². The van der Waals surface area contributed by atoms with Crippen molar-refractivity contribution in [3.8, 4) is 0 Å². The number of nitrogens with one attached hydrogen (secondary N) is 1. The lowest BCUT2D eigenvalue weighted by Crippen LogP contribution is -2.75. The maximum absolute atomic E-state index is 14.1. The van der Waals surface area contributed by atoms with Gasteiger partial charge in [-0.05, 0) is 26.1 Å². The van der Waals surface area contributed by atoms with Crippen LogP contribution in [0.2, 0.25) is 0 Å². The molecule has 0 aliphatic carbocycles. The number of carbonyl (C=O) groups is 2. The predicted molar refractivity (Wildman–Crippen MR) is 86.2 cm³/mol. The maximum atomic E-state index is 14.1. The van der Waals surface area contributed by atoms with Crippen molar-refractivity contribution >= 4 is 11.9 Å². The monoisotopic (exact) mass is 374 g/mol. The van der Waals surface area contributed by atoms with Crippen molar-refractivity contribution < 1.29 is 27.5 Å². The number of hydrogen-bond acceptors (Lipinski definition) is 6. The molecule has 10 heteroatoms. The van der Waals surface area contributed by atoms with E-state index in [4.69, 9.17) is 4.74 Å². The van der Waals surface area contributed by atoms with Gasteiger partial charge in [0.05, 0.1) is 12.2 Å². The van der Waals surface area contributed by atoms with Gasteiger partial charge in [-0.15, -0.1) is 0 Å². The minimum absolute atomic E-state index is 0.0534. The van der Waals surface area contributed by atoms with Gasteiger partial charge in [-0.25, -0.2) is 4.79 Å². The number of alkyl halides is 3. The van der Waals surface area contributed by atoms with Crippen LogP contribution in [-0.4, -0.2) is 78.3 Å². The van der Waals surface area contributed by atoms with E-state index < -0.39 is 23.7 Å². The Balaban J connectivity index is 2.44. The molecule has 7 nitrogen and oxygen atoms in total. The molecule has 1 amide bonds. The maximum Gasteiger partial charge on any atom is 0.436 e. The number of hydrogen-bond donors (Lipinski definition) is 1. The number of aromatic nitrogens is 1. The van der Waals surface area contributed by atoms with Gasteiger partial charge < -0.3 is 15.0 Å². The smallest absolute Gasteiger partial charge is 0.436 e. The molecule has 1 aliphatic rings. The van der Waals surface area contributed by atoms with Crippen LogP contribution in [0.3, 0.4) is 0 Å². The Morgan fingerprint density at radius 2 is 1.92 bits per heavy atom. The van der Waals surface area contributed by atoms with Gasteiger partial charge >= 0.3 is 12.1 Å². The van der Waals surface area contributed by atoms with Crippen LogP contribution in [0.25, 0.3) is 0 Å². The summed E-state index contributed by atoms with van der Waals surface area (Å²) in [5.74, 6) is -2.60. The number of piperazine rings is 1. The van der Waals surface area contributed by atoms with Crippen LogP contribution in [0.1, 0.15) is 17.3 Å². The molecule has 144 valence electrons. The van der Waals surface area contributed by atoms with Gasteiger partial charge in [0.25, 0.3) is 11.6 Å². The second kappa shape index (κ2) is 8.00. The van der Waals surface area contributed by atoms with Crippen LogP contribution < -0.4 is 5.32 Å². The topological polar surface area (TPSA) is 74.8 Å². The normalized spacial score (nSPS) is 18.8. The quantitative estimate of drug-likeness (QED) is 0.772. The fraction of sp³-hybridized carbons (Fsp3) is 0.562. The van der Waals surface area contributed by atoms with Gasteiger partial charge in [0.1, 0.15) is 0 Å². The molecule has 0 spiro atoms. The van der Waals surface area contributed by atoms with Gasteiger partial charge in [-0.1, -0.05) is 0 Å². The fourth-order valence-electron chi connectivity index (χ4n) is 2.74. The van der Waals surface area contributed by atoms with E-state index in [9.17, 15) is 22.8 Å². The Kier molecular flexibility index (Phi) is 6.19. The molecule has 0 aromatic carbocycles. The Hall–Kier alpha value is -2.20. The molecule has 1 aliphatic heterocycles. The molecule has 0 bridgehead atoms. The highest BCUT2D eigenvalue weighted by atomic mass is 19.4. The summed E-state index contributed by atoms with van der Waals surface area (Å²) in [6.45, 7) is 1.70. The molecule has 0 unspecified atom stereocenters. The number of amides is 1. The van der Waals surface area contributed by atoms with Gasteiger partial charge in [0, 0.05) is 38.6 Å². The van der Waals surface area contributed by atoms with Crippen molar-refractivity contribution in [3.05, 3.63) is 30.1 Å². The van der Waals surface area contributed by atoms with Crippen LogP contribution in [0.5, 0.6) is 0 Å². The van der Waals surface area contributed by atoms with Crippen LogP contribution in [-0.2, 0) is 9.53 Å². The summed E-state index contributed by atoms with van der Waals surface area (Å²) >= 11 is 0. The Morgan fingerprint density at radius 1 is 1.27 bits per heavy atom.